The van der Waals surface area contributed by atoms with Crippen molar-refractivity contribution in [1.29, 1.82) is 0 Å². The van der Waals surface area contributed by atoms with E-state index < -0.39 is 10.0 Å². The minimum Gasteiger partial charge on any atom is -0.326 e. The van der Waals surface area contributed by atoms with Gasteiger partial charge in [0, 0.05) is 17.5 Å². The first-order valence-electron chi connectivity index (χ1n) is 6.30. The van der Waals surface area contributed by atoms with Crippen LogP contribution in [0.3, 0.4) is 0 Å². The van der Waals surface area contributed by atoms with Crippen LogP contribution < -0.4 is 10.5 Å². The van der Waals surface area contributed by atoms with Crippen molar-refractivity contribution in [2.75, 3.05) is 11.5 Å². The number of rotatable bonds is 8. The number of thiophene rings is 1. The Hall–Kier alpha value is -0.0800. The van der Waals surface area contributed by atoms with Crippen molar-refractivity contribution >= 4 is 33.1 Å². The van der Waals surface area contributed by atoms with Crippen LogP contribution in [0.4, 0.5) is 0 Å². The number of hydrogen-bond donors (Lipinski definition) is 2. The highest BCUT2D eigenvalue weighted by atomic mass is 32.2. The van der Waals surface area contributed by atoms with Gasteiger partial charge in [-0.2, -0.15) is 11.8 Å². The van der Waals surface area contributed by atoms with Gasteiger partial charge < -0.3 is 5.73 Å². The topological polar surface area (TPSA) is 72.2 Å². The molecule has 0 aliphatic rings. The van der Waals surface area contributed by atoms with Gasteiger partial charge in [0.1, 0.15) is 4.21 Å². The zero-order valence-corrected chi connectivity index (χ0v) is 14.1. The lowest BCUT2D eigenvalue weighted by atomic mass is 10.3. The first kappa shape index (κ1) is 17.0. The molecule has 7 heteroatoms. The number of nitrogens with one attached hydrogen (secondary N) is 1. The van der Waals surface area contributed by atoms with E-state index in [9.17, 15) is 8.42 Å². The molecule has 0 saturated carbocycles. The average Bonchev–Trinajstić information content (AvgIpc) is 2.71. The summed E-state index contributed by atoms with van der Waals surface area (Å²) in [7, 11) is -3.40. The third kappa shape index (κ3) is 5.07. The molecule has 3 N–H and O–H groups in total. The summed E-state index contributed by atoms with van der Waals surface area (Å²) in [5, 5.41) is 0. The maximum absolute atomic E-state index is 12.2. The third-order valence-electron chi connectivity index (χ3n) is 2.70. The average molecular weight is 323 g/mol. The van der Waals surface area contributed by atoms with Crippen LogP contribution in [-0.4, -0.2) is 26.0 Å². The Bertz CT molecular complexity index is 497. The van der Waals surface area contributed by atoms with E-state index in [0.29, 0.717) is 10.8 Å². The summed E-state index contributed by atoms with van der Waals surface area (Å²) >= 11 is 3.08. The molecule has 1 atom stereocenters. The maximum atomic E-state index is 12.2. The fourth-order valence-corrected chi connectivity index (χ4v) is 5.18. The van der Waals surface area contributed by atoms with E-state index in [1.54, 1.807) is 6.07 Å². The van der Waals surface area contributed by atoms with Gasteiger partial charge >= 0.3 is 0 Å². The second-order valence-electron chi connectivity index (χ2n) is 4.38. The van der Waals surface area contributed by atoms with Crippen molar-refractivity contribution in [2.24, 2.45) is 5.73 Å². The molecule has 0 aromatic carbocycles. The highest BCUT2D eigenvalue weighted by Crippen LogP contribution is 2.25. The van der Waals surface area contributed by atoms with Gasteiger partial charge in [-0.1, -0.05) is 6.92 Å². The van der Waals surface area contributed by atoms with Gasteiger partial charge in [-0.25, -0.2) is 13.1 Å². The quantitative estimate of drug-likeness (QED) is 0.721. The lowest BCUT2D eigenvalue weighted by Crippen LogP contribution is -2.32. The van der Waals surface area contributed by atoms with Gasteiger partial charge in [-0.3, -0.25) is 0 Å². The van der Waals surface area contributed by atoms with Gasteiger partial charge in [0.15, 0.2) is 0 Å². The SMILES string of the molecule is CCSCCC(C)NS(=O)(=O)c1cc(C)c(CN)s1. The van der Waals surface area contributed by atoms with Crippen LogP contribution in [0.2, 0.25) is 0 Å². The van der Waals surface area contributed by atoms with Crippen molar-refractivity contribution < 1.29 is 8.42 Å². The number of thioether (sulfide) groups is 1. The monoisotopic (exact) mass is 322 g/mol. The molecule has 1 rings (SSSR count). The molecule has 0 aliphatic carbocycles. The smallest absolute Gasteiger partial charge is 0.250 e. The second-order valence-corrected chi connectivity index (χ2v) is 8.86. The molecule has 1 unspecified atom stereocenters. The summed E-state index contributed by atoms with van der Waals surface area (Å²) in [5.41, 5.74) is 6.53. The molecule has 0 spiro atoms. The zero-order chi connectivity index (χ0) is 14.5. The van der Waals surface area contributed by atoms with Gasteiger partial charge in [0.25, 0.3) is 0 Å². The van der Waals surface area contributed by atoms with Crippen molar-refractivity contribution in [2.45, 2.75) is 44.0 Å². The summed E-state index contributed by atoms with van der Waals surface area (Å²) in [5.74, 6) is 2.03. The molecule has 1 aromatic heterocycles. The largest absolute Gasteiger partial charge is 0.326 e. The predicted molar refractivity (Wildman–Crippen MR) is 84.3 cm³/mol. The molecule has 4 nitrogen and oxygen atoms in total. The van der Waals surface area contributed by atoms with Gasteiger partial charge in [-0.05, 0) is 43.4 Å². The van der Waals surface area contributed by atoms with Gasteiger partial charge in [0.05, 0.1) is 0 Å². The number of nitrogens with two attached hydrogens (primary N) is 1. The standard InChI is InChI=1S/C12H22N2O2S3/c1-4-17-6-5-10(3)14-19(15,16)12-7-9(2)11(8-13)18-12/h7,10,14H,4-6,8,13H2,1-3H3. The van der Waals surface area contributed by atoms with Crippen molar-refractivity contribution in [3.63, 3.8) is 0 Å². The molecule has 0 aliphatic heterocycles. The highest BCUT2D eigenvalue weighted by molar-refractivity contribution is 7.99. The van der Waals surface area contributed by atoms with Crippen molar-refractivity contribution in [3.8, 4) is 0 Å². The highest BCUT2D eigenvalue weighted by Gasteiger charge is 2.20. The maximum Gasteiger partial charge on any atom is 0.250 e. The van der Waals surface area contributed by atoms with Crippen molar-refractivity contribution in [3.05, 3.63) is 16.5 Å². The Kier molecular flexibility index (Phi) is 6.82. The van der Waals surface area contributed by atoms with E-state index in [0.717, 1.165) is 28.4 Å². The Labute approximate surface area is 124 Å². The Balaban J connectivity index is 2.69. The van der Waals surface area contributed by atoms with E-state index in [-0.39, 0.29) is 6.04 Å². The van der Waals surface area contributed by atoms with E-state index in [1.165, 1.54) is 11.3 Å². The fourth-order valence-electron chi connectivity index (χ4n) is 1.61. The summed E-state index contributed by atoms with van der Waals surface area (Å²) in [4.78, 5) is 0.926. The first-order valence-corrected chi connectivity index (χ1v) is 9.75. The molecular weight excluding hydrogens is 300 g/mol. The lowest BCUT2D eigenvalue weighted by Gasteiger charge is -2.12. The minimum absolute atomic E-state index is 0.0483. The molecule has 110 valence electrons. The van der Waals surface area contributed by atoms with Gasteiger partial charge in [-0.15, -0.1) is 11.3 Å². The Morgan fingerprint density at radius 1 is 1.53 bits per heavy atom. The molecular formula is C12H22N2O2S3. The second kappa shape index (κ2) is 7.64. The number of aryl methyl sites for hydroxylation is 1. The summed E-state index contributed by atoms with van der Waals surface area (Å²) in [6.45, 7) is 6.27. The molecule has 1 aromatic rings. The number of hydrogen-bond acceptors (Lipinski definition) is 5. The van der Waals surface area contributed by atoms with Crippen LogP contribution in [0, 0.1) is 6.92 Å². The fraction of sp³-hybridized carbons (Fsp3) is 0.667. The number of sulfonamides is 1. The molecule has 19 heavy (non-hydrogen) atoms. The zero-order valence-electron chi connectivity index (χ0n) is 11.6. The first-order chi connectivity index (χ1) is 8.90. The van der Waals surface area contributed by atoms with E-state index in [1.807, 2.05) is 25.6 Å². The third-order valence-corrected chi connectivity index (χ3v) is 6.96. The molecule has 1 heterocycles. The molecule has 0 amide bonds. The molecule has 0 fully saturated rings. The summed E-state index contributed by atoms with van der Waals surface area (Å²) in [6, 6.07) is 1.65. The van der Waals surface area contributed by atoms with E-state index in [2.05, 4.69) is 11.6 Å². The summed E-state index contributed by atoms with van der Waals surface area (Å²) in [6.07, 6.45) is 0.839. The van der Waals surface area contributed by atoms with Crippen LogP contribution in [0.25, 0.3) is 0 Å². The van der Waals surface area contributed by atoms with Crippen LogP contribution >= 0.6 is 23.1 Å². The summed E-state index contributed by atoms with van der Waals surface area (Å²) < 4.78 is 27.5. The van der Waals surface area contributed by atoms with Crippen LogP contribution in [-0.2, 0) is 16.6 Å². The predicted octanol–water partition coefficient (Wildman–Crippen LogP) is 2.33. The molecule has 0 saturated heterocycles. The lowest BCUT2D eigenvalue weighted by molar-refractivity contribution is 0.559. The van der Waals surface area contributed by atoms with E-state index >= 15 is 0 Å². The van der Waals surface area contributed by atoms with Crippen LogP contribution in [0.5, 0.6) is 0 Å². The Morgan fingerprint density at radius 2 is 2.21 bits per heavy atom. The van der Waals surface area contributed by atoms with Crippen LogP contribution in [0.15, 0.2) is 10.3 Å². The van der Waals surface area contributed by atoms with Gasteiger partial charge in [0.2, 0.25) is 10.0 Å². The minimum atomic E-state index is -3.40. The van der Waals surface area contributed by atoms with E-state index in [4.69, 9.17) is 5.73 Å². The molecule has 0 bridgehead atoms. The normalized spacial score (nSPS) is 13.7. The molecule has 0 radical (unpaired) electrons. The van der Waals surface area contributed by atoms with Crippen LogP contribution in [0.1, 0.15) is 30.7 Å². The van der Waals surface area contributed by atoms with Crippen molar-refractivity contribution in [1.82, 2.24) is 4.72 Å². The Morgan fingerprint density at radius 3 is 2.74 bits per heavy atom.